The molecular weight excluding hydrogens is 833 g/mol. The maximum absolute atomic E-state index is 6.44. The third kappa shape index (κ3) is 15.2. The van der Waals surface area contributed by atoms with Crippen LogP contribution in [0, 0.1) is 0 Å². The van der Waals surface area contributed by atoms with Crippen molar-refractivity contribution in [3.63, 3.8) is 0 Å². The molecule has 0 spiro atoms. The van der Waals surface area contributed by atoms with Crippen LogP contribution < -0.4 is 39.9 Å². The van der Waals surface area contributed by atoms with Gasteiger partial charge in [-0.2, -0.15) is 10.2 Å². The molecule has 11 heteroatoms. The highest BCUT2D eigenvalue weighted by Gasteiger charge is 2.22. The molecule has 358 valence electrons. The van der Waals surface area contributed by atoms with Crippen molar-refractivity contribution in [3.05, 3.63) is 132 Å². The lowest BCUT2D eigenvalue weighted by Gasteiger charge is -2.31. The average molecular weight is 911 g/mol. The molecule has 1 aliphatic heterocycles. The SMILES string of the molecule is C=C(/C=C\c1ccccc1[NH2+]C)/C(C)=N/N(C)c1ccc(N(CC)CCc2ccc([NH2+]C)c(/C=C\C(=C)/C(C)=N/N(C)c3cc(OCCCC)c(N4CCOCC4)cc3OCCCC)c2)cc1. The highest BCUT2D eigenvalue weighted by Crippen LogP contribution is 2.41. The number of benzene rings is 4. The van der Waals surface area contributed by atoms with Gasteiger partial charge in [0, 0.05) is 69.2 Å². The van der Waals surface area contributed by atoms with E-state index in [-0.39, 0.29) is 0 Å². The topological polar surface area (TPSA) is 98.6 Å². The molecule has 0 atom stereocenters. The zero-order chi connectivity index (χ0) is 48.1. The van der Waals surface area contributed by atoms with Crippen molar-refractivity contribution in [2.75, 3.05) is 101 Å². The summed E-state index contributed by atoms with van der Waals surface area (Å²) < 4.78 is 18.5. The van der Waals surface area contributed by atoms with Crippen molar-refractivity contribution in [3.8, 4) is 11.5 Å². The van der Waals surface area contributed by atoms with Gasteiger partial charge in [-0.05, 0) is 117 Å². The molecule has 1 saturated heterocycles. The van der Waals surface area contributed by atoms with Crippen molar-refractivity contribution < 1.29 is 24.8 Å². The number of anilines is 4. The van der Waals surface area contributed by atoms with Gasteiger partial charge in [0.05, 0.1) is 63.3 Å². The van der Waals surface area contributed by atoms with Crippen molar-refractivity contribution in [2.24, 2.45) is 10.2 Å². The molecule has 4 N–H and O–H groups in total. The fourth-order valence-corrected chi connectivity index (χ4v) is 7.76. The summed E-state index contributed by atoms with van der Waals surface area (Å²) in [4.78, 5) is 4.75. The number of unbranched alkanes of at least 4 members (excludes halogenated alkanes) is 2. The summed E-state index contributed by atoms with van der Waals surface area (Å²) in [6, 6.07) is 27.9. The van der Waals surface area contributed by atoms with Gasteiger partial charge in [-0.3, -0.25) is 10.0 Å². The monoisotopic (exact) mass is 911 g/mol. The third-order valence-corrected chi connectivity index (χ3v) is 12.1. The first kappa shape index (κ1) is 51.8. The Morgan fingerprint density at radius 3 is 1.93 bits per heavy atom. The zero-order valence-corrected chi connectivity index (χ0v) is 42.0. The van der Waals surface area contributed by atoms with Crippen LogP contribution in [0.3, 0.4) is 0 Å². The van der Waals surface area contributed by atoms with Crippen LogP contribution in [0.1, 0.15) is 77.0 Å². The van der Waals surface area contributed by atoms with E-state index in [1.165, 1.54) is 22.6 Å². The van der Waals surface area contributed by atoms with Gasteiger partial charge in [0.15, 0.2) is 0 Å². The summed E-state index contributed by atoms with van der Waals surface area (Å²) in [6.45, 7) is 25.4. The summed E-state index contributed by atoms with van der Waals surface area (Å²) in [5, 5.41) is 17.9. The smallest absolute Gasteiger partial charge is 0.146 e. The van der Waals surface area contributed by atoms with Gasteiger partial charge in [0.25, 0.3) is 0 Å². The lowest BCUT2D eigenvalue weighted by molar-refractivity contribution is -0.539. The number of likely N-dealkylation sites (N-methyl/N-ethyl adjacent to an activating group) is 1. The first-order chi connectivity index (χ1) is 32.5. The predicted octanol–water partition coefficient (Wildman–Crippen LogP) is 9.76. The first-order valence-corrected chi connectivity index (χ1v) is 24.2. The van der Waals surface area contributed by atoms with Gasteiger partial charge < -0.3 is 34.6 Å². The molecule has 67 heavy (non-hydrogen) atoms. The summed E-state index contributed by atoms with van der Waals surface area (Å²) >= 11 is 0. The van der Waals surface area contributed by atoms with Crippen LogP contribution in [0.2, 0.25) is 0 Å². The van der Waals surface area contributed by atoms with Gasteiger partial charge in [-0.25, -0.2) is 0 Å². The minimum Gasteiger partial charge on any atom is -0.491 e. The highest BCUT2D eigenvalue weighted by molar-refractivity contribution is 6.02. The molecule has 1 heterocycles. The van der Waals surface area contributed by atoms with Crippen molar-refractivity contribution in [1.82, 2.24) is 0 Å². The molecule has 0 aromatic heterocycles. The van der Waals surface area contributed by atoms with E-state index in [1.807, 2.05) is 44.0 Å². The quantitative estimate of drug-likeness (QED) is 0.0213. The first-order valence-electron chi connectivity index (χ1n) is 24.2. The largest absolute Gasteiger partial charge is 0.491 e. The molecule has 0 amide bonds. The molecule has 11 nitrogen and oxygen atoms in total. The van der Waals surface area contributed by atoms with E-state index in [4.69, 9.17) is 24.4 Å². The maximum atomic E-state index is 6.44. The number of nitrogens with zero attached hydrogens (tertiary/aromatic N) is 6. The maximum Gasteiger partial charge on any atom is 0.146 e. The molecule has 4 aromatic carbocycles. The normalized spacial score (nSPS) is 13.4. The summed E-state index contributed by atoms with van der Waals surface area (Å²) in [7, 11) is 8.08. The number of hydrogen-bond donors (Lipinski definition) is 2. The van der Waals surface area contributed by atoms with E-state index in [1.54, 1.807) is 0 Å². The van der Waals surface area contributed by atoms with Crippen LogP contribution in [-0.4, -0.2) is 92.2 Å². The molecule has 1 aliphatic rings. The number of morpholine rings is 1. The lowest BCUT2D eigenvalue weighted by atomic mass is 10.0. The van der Waals surface area contributed by atoms with Crippen LogP contribution in [0.4, 0.5) is 34.1 Å². The van der Waals surface area contributed by atoms with Gasteiger partial charge in [-0.1, -0.05) is 70.2 Å². The molecule has 0 bridgehead atoms. The van der Waals surface area contributed by atoms with Crippen molar-refractivity contribution >= 4 is 57.7 Å². The molecule has 0 unspecified atom stereocenters. The molecule has 1 fully saturated rings. The molecule has 0 aliphatic carbocycles. The molecule has 5 rings (SSSR count). The Balaban J connectivity index is 1.25. The Hall–Kier alpha value is -6.14. The number of hydrazone groups is 2. The number of allylic oxidation sites excluding steroid dienone is 4. The second kappa shape index (κ2) is 26.9. The Kier molecular flexibility index (Phi) is 20.8. The second-order valence-electron chi connectivity index (χ2n) is 16.9. The van der Waals surface area contributed by atoms with Gasteiger partial charge in [0.2, 0.25) is 0 Å². The summed E-state index contributed by atoms with van der Waals surface area (Å²) in [5.41, 5.74) is 13.4. The van der Waals surface area contributed by atoms with E-state index in [9.17, 15) is 0 Å². The number of rotatable bonds is 26. The zero-order valence-electron chi connectivity index (χ0n) is 42.0. The number of ether oxygens (including phenoxy) is 3. The van der Waals surface area contributed by atoms with Crippen LogP contribution >= 0.6 is 0 Å². The van der Waals surface area contributed by atoms with Crippen LogP contribution in [0.15, 0.2) is 126 Å². The highest BCUT2D eigenvalue weighted by atomic mass is 16.5. The second-order valence-corrected chi connectivity index (χ2v) is 16.9. The number of nitrogens with two attached hydrogens (primary N) is 2. The van der Waals surface area contributed by atoms with Gasteiger partial charge in [-0.15, -0.1) is 0 Å². The van der Waals surface area contributed by atoms with Crippen molar-refractivity contribution in [1.29, 1.82) is 0 Å². The lowest BCUT2D eigenvalue weighted by Crippen LogP contribution is -2.73. The number of quaternary nitrogens is 2. The van der Waals surface area contributed by atoms with Gasteiger partial charge in [0.1, 0.15) is 28.6 Å². The number of para-hydroxylation sites is 1. The molecule has 4 aromatic rings. The van der Waals surface area contributed by atoms with E-state index in [0.717, 1.165) is 121 Å². The average Bonchev–Trinajstić information content (AvgIpc) is 3.35. The Morgan fingerprint density at radius 2 is 1.30 bits per heavy atom. The Morgan fingerprint density at radius 1 is 0.716 bits per heavy atom. The standard InChI is InChI=1S/C56H76N8O3/c1-12-15-35-66-55-41-54(64-33-37-65-38-34-64)56(67-36-16-13-2)40-53(55)62(11)60-45(7)43(5)22-25-48-39-46(23-30-52(48)58-9)31-32-63(14-3)50-28-26-49(27-29-50)61(10)59-44(6)42(4)21-24-47-19-17-18-20-51(47)57-8/h17-30,39-41,57-58H,4-5,12-16,31-38H2,1-3,6-11H3/p+2/b24-21-,25-22-,59-44+,60-45+. The van der Waals surface area contributed by atoms with E-state index in [0.29, 0.717) is 26.4 Å². The summed E-state index contributed by atoms with van der Waals surface area (Å²) in [5.74, 6) is 1.63. The fraction of sp³-hybridized carbons (Fsp3) is 0.393. The minimum atomic E-state index is 0.632. The fourth-order valence-electron chi connectivity index (χ4n) is 7.76. The molecular formula is C56H78N8O3+2. The van der Waals surface area contributed by atoms with E-state index >= 15 is 0 Å². The Bertz CT molecular complexity index is 2340. The minimum absolute atomic E-state index is 0.632. The third-order valence-electron chi connectivity index (χ3n) is 12.1. The molecule has 0 radical (unpaired) electrons. The van der Waals surface area contributed by atoms with Crippen molar-refractivity contribution in [2.45, 2.75) is 66.7 Å². The summed E-state index contributed by atoms with van der Waals surface area (Å²) in [6.07, 6.45) is 13.3. The van der Waals surface area contributed by atoms with Crippen LogP contribution in [-0.2, 0) is 11.2 Å². The van der Waals surface area contributed by atoms with Crippen LogP contribution in [0.5, 0.6) is 11.5 Å². The molecule has 0 saturated carbocycles. The Labute approximate surface area is 402 Å². The predicted molar refractivity (Wildman–Crippen MR) is 286 cm³/mol. The van der Waals surface area contributed by atoms with Crippen LogP contribution in [0.25, 0.3) is 12.2 Å². The van der Waals surface area contributed by atoms with Gasteiger partial charge >= 0.3 is 0 Å². The number of hydrogen-bond acceptors (Lipinski definition) is 9. The van der Waals surface area contributed by atoms with E-state index < -0.39 is 0 Å². The van der Waals surface area contributed by atoms with E-state index in [2.05, 4.69) is 166 Å².